The summed E-state index contributed by atoms with van der Waals surface area (Å²) in [4.78, 5) is 0. The van der Waals surface area contributed by atoms with E-state index in [1.165, 1.54) is 50.0 Å². The van der Waals surface area contributed by atoms with Crippen molar-refractivity contribution in [1.82, 2.24) is 0 Å². The first-order chi connectivity index (χ1) is 22.7. The fourth-order valence-corrected chi connectivity index (χ4v) is 8.98. The predicted octanol–water partition coefficient (Wildman–Crippen LogP) is 8.22. The van der Waals surface area contributed by atoms with E-state index >= 15 is 0 Å². The second-order valence-corrected chi connectivity index (χ2v) is 14.3. The van der Waals surface area contributed by atoms with Gasteiger partial charge in [-0.05, 0) is 64.3 Å². The maximum atomic E-state index is 10.6. The highest BCUT2D eigenvalue weighted by Crippen LogP contribution is 2.55. The first kappa shape index (κ1) is 32.6. The summed E-state index contributed by atoms with van der Waals surface area (Å²) in [6.07, 6.45) is 2.12. The Morgan fingerprint density at radius 1 is 0.660 bits per heavy atom. The third kappa shape index (κ3) is 6.11. The van der Waals surface area contributed by atoms with Gasteiger partial charge in [-0.25, -0.2) is 12.8 Å². The van der Waals surface area contributed by atoms with Gasteiger partial charge in [0.05, 0.1) is 21.3 Å². The van der Waals surface area contributed by atoms with Gasteiger partial charge < -0.3 is 18.8 Å². The monoisotopic (exact) mass is 670 g/mol. The van der Waals surface area contributed by atoms with Crippen LogP contribution in [0.1, 0.15) is 34.8 Å². The maximum Gasteiger partial charge on any atom is 0.179 e. The van der Waals surface area contributed by atoms with Crippen LogP contribution in [0.2, 0.25) is 0 Å². The molecule has 242 valence electrons. The summed E-state index contributed by atoms with van der Waals surface area (Å²) < 4.78 is 55.0. The third-order valence-corrected chi connectivity index (χ3v) is 11.1. The summed E-state index contributed by atoms with van der Waals surface area (Å²) in [6.45, 7) is 0. The number of hydrogen-bond acceptors (Lipinski definition) is 6. The molecule has 0 aromatic heterocycles. The minimum absolute atomic E-state index is 0.219. The lowest BCUT2D eigenvalue weighted by Gasteiger charge is -2.27. The molecule has 1 atom stereocenters. The van der Waals surface area contributed by atoms with Crippen LogP contribution in [-0.2, 0) is 26.6 Å². The number of thiol groups is 1. The fraction of sp³-hybridized carbons (Fsp3) is 0.211. The molecule has 0 spiro atoms. The lowest BCUT2D eigenvalue weighted by molar-refractivity contribution is 0.419. The van der Waals surface area contributed by atoms with Crippen LogP contribution in [0.15, 0.2) is 109 Å². The summed E-state index contributed by atoms with van der Waals surface area (Å²) in [6, 6.07) is 37.5. The molecular weight excluding hydrogens is 636 g/mol. The first-order valence-corrected chi connectivity index (χ1v) is 17.7. The van der Waals surface area contributed by atoms with Crippen LogP contribution in [0.25, 0.3) is 32.3 Å². The van der Waals surface area contributed by atoms with E-state index in [0.717, 1.165) is 40.9 Å². The van der Waals surface area contributed by atoms with Crippen LogP contribution in [-0.4, -0.2) is 40.3 Å². The quantitative estimate of drug-likeness (QED) is 0.0967. The molecule has 0 bridgehead atoms. The van der Waals surface area contributed by atoms with Crippen LogP contribution in [0.4, 0.5) is 4.39 Å². The summed E-state index contributed by atoms with van der Waals surface area (Å²) in [7, 11) is 0.689. The van der Waals surface area contributed by atoms with E-state index in [4.69, 9.17) is 27.2 Å². The summed E-state index contributed by atoms with van der Waals surface area (Å²) >= 11 is 1.37. The van der Waals surface area contributed by atoms with Crippen LogP contribution < -0.4 is 14.2 Å². The molecule has 47 heavy (non-hydrogen) atoms. The van der Waals surface area contributed by atoms with Gasteiger partial charge in [-0.2, -0.15) is 0 Å². The molecule has 1 aliphatic heterocycles. The molecule has 6 aromatic carbocycles. The van der Waals surface area contributed by atoms with Gasteiger partial charge >= 0.3 is 0 Å². The van der Waals surface area contributed by atoms with E-state index in [2.05, 4.69) is 109 Å². The van der Waals surface area contributed by atoms with E-state index in [0.29, 0.717) is 5.25 Å². The van der Waals surface area contributed by atoms with Crippen molar-refractivity contribution in [3.63, 3.8) is 0 Å². The molecule has 0 amide bonds. The summed E-state index contributed by atoms with van der Waals surface area (Å²) in [5.41, 5.74) is 4.10. The summed E-state index contributed by atoms with van der Waals surface area (Å²) in [5, 5.41) is 7.62. The van der Waals surface area contributed by atoms with Crippen molar-refractivity contribution in [2.24, 2.45) is 0 Å². The van der Waals surface area contributed by atoms with Crippen molar-refractivity contribution in [3.8, 4) is 17.2 Å². The van der Waals surface area contributed by atoms with Gasteiger partial charge in [0.1, 0.15) is 32.6 Å². The van der Waals surface area contributed by atoms with Crippen LogP contribution in [0, 0.1) is 0 Å². The fourth-order valence-electron chi connectivity index (χ4n) is 6.90. The van der Waals surface area contributed by atoms with Crippen LogP contribution in [0.3, 0.4) is 0 Å². The molecule has 1 aliphatic rings. The number of hydrogen-bond donors (Lipinski definition) is 0. The topological polar surface area (TPSA) is 84.9 Å². The van der Waals surface area contributed by atoms with Gasteiger partial charge in [0.25, 0.3) is 0 Å². The van der Waals surface area contributed by atoms with Gasteiger partial charge in [-0.15, -0.1) is 0 Å². The zero-order valence-corrected chi connectivity index (χ0v) is 28.0. The molecule has 0 aliphatic carbocycles. The average Bonchev–Trinajstić information content (AvgIpc) is 3.56. The molecule has 6 nitrogen and oxygen atoms in total. The molecule has 0 saturated carbocycles. The Morgan fingerprint density at radius 2 is 1.04 bits per heavy atom. The van der Waals surface area contributed by atoms with Crippen LogP contribution in [0.5, 0.6) is 17.2 Å². The van der Waals surface area contributed by atoms with Crippen molar-refractivity contribution in [1.29, 1.82) is 0 Å². The van der Waals surface area contributed by atoms with Gasteiger partial charge in [0.2, 0.25) is 0 Å². The molecule has 1 saturated heterocycles. The molecule has 9 heteroatoms. The Morgan fingerprint density at radius 3 is 1.47 bits per heavy atom. The standard InChI is InChI=1S/C37H32O3S.CH3FO3S/c1-38-33-19-16-30(24-10-4-7-13-27(24)33)36-22-23-37(41-36,31-17-20-34(39-2)28-14-8-5-11-25(28)31)32-18-21-35(40-3)29-15-9-6-12-26(29)32;2-1-6(3,4)5/h4-21,36H,22-23H2,1-3H3;1H2,(H,3,4,5). The van der Waals surface area contributed by atoms with Crippen molar-refractivity contribution >= 4 is 54.2 Å². The minimum atomic E-state index is -4.58. The van der Waals surface area contributed by atoms with E-state index in [-0.39, 0.29) is 4.75 Å². The number of alkyl halides is 1. The largest absolute Gasteiger partial charge is 0.746 e. The van der Waals surface area contributed by atoms with E-state index in [9.17, 15) is 4.39 Å². The normalized spacial score (nSPS) is 15.7. The Balaban J connectivity index is 0.000000591. The first-order valence-electron chi connectivity index (χ1n) is 15.1. The molecule has 7 rings (SSSR count). The van der Waals surface area contributed by atoms with Gasteiger partial charge in [-0.1, -0.05) is 72.8 Å². The number of rotatable bonds is 7. The second kappa shape index (κ2) is 13.4. The molecule has 1 unspecified atom stereocenters. The van der Waals surface area contributed by atoms with Crippen molar-refractivity contribution in [2.45, 2.75) is 22.8 Å². The maximum absolute atomic E-state index is 10.6. The Kier molecular flexibility index (Phi) is 9.32. The zero-order valence-electron chi connectivity index (χ0n) is 26.3. The van der Waals surface area contributed by atoms with Gasteiger partial charge in [0, 0.05) is 45.7 Å². The molecule has 6 aromatic rings. The molecule has 0 N–H and O–H groups in total. The Bertz CT molecular complexity index is 2100. The Labute approximate surface area is 278 Å². The number of halogens is 1. The van der Waals surface area contributed by atoms with Gasteiger partial charge in [0.15, 0.2) is 10.8 Å². The van der Waals surface area contributed by atoms with E-state index in [1.54, 1.807) is 21.3 Å². The SMILES string of the molecule is COc1ccc(C2CCC(c3ccc(OC)c4ccccc34)(c3ccc(OC)c4ccccc34)[SH+]2)c2ccccc12.O=S(=O)([O-])CF. The number of benzene rings is 6. The Hall–Kier alpha value is -4.31. The third-order valence-electron chi connectivity index (χ3n) is 8.89. The highest BCUT2D eigenvalue weighted by molar-refractivity contribution is 7.85. The lowest BCUT2D eigenvalue weighted by Crippen LogP contribution is -2.27. The number of ether oxygens (including phenoxy) is 3. The second-order valence-electron chi connectivity index (χ2n) is 11.3. The van der Waals surface area contributed by atoms with E-state index in [1.807, 2.05) is 0 Å². The van der Waals surface area contributed by atoms with Crippen LogP contribution >= 0.6 is 0 Å². The number of fused-ring (bicyclic) bond motifs is 3. The minimum Gasteiger partial charge on any atom is -0.746 e. The smallest absolute Gasteiger partial charge is 0.179 e. The number of methoxy groups -OCH3 is 3. The van der Waals surface area contributed by atoms with E-state index < -0.39 is 16.1 Å². The molecule has 0 radical (unpaired) electrons. The molecular formula is C38H35FO6S2. The highest BCUT2D eigenvalue weighted by Gasteiger charge is 2.53. The van der Waals surface area contributed by atoms with Gasteiger partial charge in [-0.3, -0.25) is 0 Å². The average molecular weight is 671 g/mol. The lowest BCUT2D eigenvalue weighted by atomic mass is 9.81. The molecule has 1 heterocycles. The predicted molar refractivity (Wildman–Crippen MR) is 189 cm³/mol. The molecule has 1 fully saturated rings. The van der Waals surface area contributed by atoms with Crippen molar-refractivity contribution in [3.05, 3.63) is 126 Å². The van der Waals surface area contributed by atoms with Crippen molar-refractivity contribution in [2.75, 3.05) is 27.3 Å². The highest BCUT2D eigenvalue weighted by atomic mass is 32.2. The zero-order chi connectivity index (χ0) is 33.2. The summed E-state index contributed by atoms with van der Waals surface area (Å²) in [5.74, 6) is 2.74. The van der Waals surface area contributed by atoms with Crippen molar-refractivity contribution < 1.29 is 31.6 Å².